The van der Waals surface area contributed by atoms with Gasteiger partial charge in [-0.3, -0.25) is 0 Å². The number of benzene rings is 1. The largest absolute Gasteiger partial charge is 0.630 e. The average Bonchev–Trinajstić information content (AvgIpc) is 2.33. The van der Waals surface area contributed by atoms with Crippen molar-refractivity contribution in [1.82, 2.24) is 4.98 Å². The van der Waals surface area contributed by atoms with Gasteiger partial charge >= 0.3 is 0 Å². The smallest absolute Gasteiger partial charge is 0.136 e. The van der Waals surface area contributed by atoms with Crippen molar-refractivity contribution in [1.29, 1.82) is 0 Å². The number of rotatable bonds is 3. The zero-order valence-electron chi connectivity index (χ0n) is 8.65. The number of nitrogens with two attached hydrogens (primary N) is 1. The minimum Gasteiger partial charge on any atom is -0.630 e. The molecule has 0 spiro atoms. The highest BCUT2D eigenvalue weighted by atomic mass is 35.5. The molecule has 0 saturated heterocycles. The lowest BCUT2D eigenvalue weighted by atomic mass is 10.3. The summed E-state index contributed by atoms with van der Waals surface area (Å²) in [5.41, 5.74) is 1.75. The quantitative estimate of drug-likeness (QED) is 0.825. The summed E-state index contributed by atoms with van der Waals surface area (Å²) in [5, 5.41) is 13.8. The van der Waals surface area contributed by atoms with Crippen LogP contribution in [-0.4, -0.2) is 4.98 Å². The molecule has 0 amide bonds. The number of quaternary nitrogens is 1. The van der Waals surface area contributed by atoms with Crippen LogP contribution in [0.5, 0.6) is 0 Å². The van der Waals surface area contributed by atoms with Crippen molar-refractivity contribution in [3.05, 3.63) is 52.6 Å². The summed E-state index contributed by atoms with van der Waals surface area (Å²) in [5.74, 6) is 0.0678. The first kappa shape index (κ1) is 11.8. The third-order valence-electron chi connectivity index (χ3n) is 2.11. The molecule has 6 heteroatoms. The van der Waals surface area contributed by atoms with E-state index in [1.54, 1.807) is 12.1 Å². The van der Waals surface area contributed by atoms with Gasteiger partial charge in [0.15, 0.2) is 0 Å². The molecule has 4 nitrogen and oxygen atoms in total. The zero-order valence-corrected chi connectivity index (χ0v) is 9.41. The van der Waals surface area contributed by atoms with Crippen LogP contribution in [0.3, 0.4) is 0 Å². The van der Waals surface area contributed by atoms with Crippen LogP contribution >= 0.6 is 11.6 Å². The minimum atomic E-state index is -0.407. The lowest BCUT2D eigenvalue weighted by Gasteiger charge is -2.08. The number of aromatic nitrogens is 1. The van der Waals surface area contributed by atoms with E-state index in [4.69, 9.17) is 11.6 Å². The summed E-state index contributed by atoms with van der Waals surface area (Å²) in [6.45, 7) is 0. The molecule has 2 aromatic rings. The van der Waals surface area contributed by atoms with Crippen LogP contribution in [0, 0.1) is 11.0 Å². The Morgan fingerprint density at radius 3 is 2.82 bits per heavy atom. The summed E-state index contributed by atoms with van der Waals surface area (Å²) < 4.78 is 12.8. The number of anilines is 2. The molecule has 88 valence electrons. The van der Waals surface area contributed by atoms with Crippen LogP contribution in [0.15, 0.2) is 36.5 Å². The van der Waals surface area contributed by atoms with E-state index in [1.165, 1.54) is 24.4 Å². The molecule has 1 aromatic heterocycles. The monoisotopic (exact) mass is 253 g/mol. The van der Waals surface area contributed by atoms with Crippen molar-refractivity contribution in [2.45, 2.75) is 0 Å². The first-order valence-electron chi connectivity index (χ1n) is 4.82. The molecule has 1 heterocycles. The van der Waals surface area contributed by atoms with Gasteiger partial charge in [0.25, 0.3) is 0 Å². The minimum absolute atomic E-state index is 0.253. The van der Waals surface area contributed by atoms with Crippen LogP contribution in [0.2, 0.25) is 5.02 Å². The molecule has 3 N–H and O–H groups in total. The van der Waals surface area contributed by atoms with Crippen LogP contribution < -0.4 is 10.8 Å². The van der Waals surface area contributed by atoms with Crippen LogP contribution in [-0.2, 0) is 0 Å². The van der Waals surface area contributed by atoms with Crippen molar-refractivity contribution in [3.63, 3.8) is 0 Å². The molecule has 0 fully saturated rings. The fourth-order valence-corrected chi connectivity index (χ4v) is 1.53. The summed E-state index contributed by atoms with van der Waals surface area (Å²) in [4.78, 5) is 4.02. The standard InChI is InChI=1S/C11H9ClFN3O/c12-9-5-7(13)1-2-10(9)15-11-6-8(16-17)3-4-14-11/h1-6H,16H2,(H,14,15). The van der Waals surface area contributed by atoms with Gasteiger partial charge in [0.1, 0.15) is 17.3 Å². The lowest BCUT2D eigenvalue weighted by Crippen LogP contribution is -2.70. The van der Waals surface area contributed by atoms with Crippen molar-refractivity contribution >= 4 is 28.8 Å². The van der Waals surface area contributed by atoms with Gasteiger partial charge in [-0.05, 0) is 18.2 Å². The van der Waals surface area contributed by atoms with E-state index in [0.717, 1.165) is 5.48 Å². The van der Waals surface area contributed by atoms with Gasteiger partial charge in [-0.1, -0.05) is 11.6 Å². The van der Waals surface area contributed by atoms with Gasteiger partial charge in [-0.15, -0.1) is 0 Å². The molecule has 0 radical (unpaired) electrons. The number of nitrogens with zero attached hydrogens (tertiary/aromatic N) is 1. The SMILES string of the molecule is [O-][NH2+]c1ccnc(Nc2ccc(F)cc2Cl)c1. The lowest BCUT2D eigenvalue weighted by molar-refractivity contribution is -0.497. The topological polar surface area (TPSA) is 64.6 Å². The van der Waals surface area contributed by atoms with Crippen LogP contribution in [0.4, 0.5) is 21.6 Å². The molecule has 0 bridgehead atoms. The van der Waals surface area contributed by atoms with E-state index in [2.05, 4.69) is 10.3 Å². The molecule has 0 atom stereocenters. The van der Waals surface area contributed by atoms with E-state index in [9.17, 15) is 9.60 Å². The Bertz CT molecular complexity index is 536. The predicted molar refractivity (Wildman–Crippen MR) is 63.9 cm³/mol. The molecule has 1 aromatic carbocycles. The number of hydrogen-bond acceptors (Lipinski definition) is 3. The Kier molecular flexibility index (Phi) is 3.53. The second-order valence-electron chi connectivity index (χ2n) is 3.34. The van der Waals surface area contributed by atoms with Crippen LogP contribution in [0.25, 0.3) is 0 Å². The number of hydrogen-bond donors (Lipinski definition) is 2. The molecular weight excluding hydrogens is 245 g/mol. The molecular formula is C11H9ClFN3O. The highest BCUT2D eigenvalue weighted by molar-refractivity contribution is 6.33. The first-order valence-corrected chi connectivity index (χ1v) is 5.20. The summed E-state index contributed by atoms with van der Waals surface area (Å²) in [6, 6.07) is 7.16. The molecule has 2 rings (SSSR count). The van der Waals surface area contributed by atoms with Crippen molar-refractivity contribution < 1.29 is 9.87 Å². The molecule has 0 unspecified atom stereocenters. The average molecular weight is 254 g/mol. The fourth-order valence-electron chi connectivity index (χ4n) is 1.32. The molecule has 0 saturated carbocycles. The van der Waals surface area contributed by atoms with Gasteiger partial charge in [-0.25, -0.2) is 9.37 Å². The molecule has 17 heavy (non-hydrogen) atoms. The summed E-state index contributed by atoms with van der Waals surface area (Å²) >= 11 is 5.85. The Balaban J connectivity index is 2.25. The summed E-state index contributed by atoms with van der Waals surface area (Å²) in [7, 11) is 0. The molecule has 0 aliphatic rings. The van der Waals surface area contributed by atoms with Crippen molar-refractivity contribution in [2.75, 3.05) is 5.32 Å². The second kappa shape index (κ2) is 5.09. The maximum absolute atomic E-state index is 12.8. The Labute approximate surface area is 102 Å². The van der Waals surface area contributed by atoms with E-state index in [1.807, 2.05) is 0 Å². The third-order valence-corrected chi connectivity index (χ3v) is 2.43. The van der Waals surface area contributed by atoms with E-state index < -0.39 is 5.82 Å². The fraction of sp³-hybridized carbons (Fsp3) is 0. The van der Waals surface area contributed by atoms with E-state index >= 15 is 0 Å². The van der Waals surface area contributed by atoms with Gasteiger partial charge in [0.2, 0.25) is 0 Å². The maximum Gasteiger partial charge on any atom is 0.136 e. The normalized spacial score (nSPS) is 10.3. The Morgan fingerprint density at radius 2 is 2.12 bits per heavy atom. The third kappa shape index (κ3) is 2.91. The predicted octanol–water partition coefficient (Wildman–Crippen LogP) is 2.31. The van der Waals surface area contributed by atoms with Crippen molar-refractivity contribution in [3.8, 4) is 0 Å². The first-order chi connectivity index (χ1) is 8.19. The molecule has 0 aliphatic carbocycles. The van der Waals surface area contributed by atoms with E-state index in [0.29, 0.717) is 17.2 Å². The maximum atomic E-state index is 12.8. The van der Waals surface area contributed by atoms with E-state index in [-0.39, 0.29) is 5.02 Å². The Morgan fingerprint density at radius 1 is 1.29 bits per heavy atom. The number of nitrogens with one attached hydrogen (secondary N) is 1. The number of halogens is 2. The van der Waals surface area contributed by atoms with Gasteiger partial charge in [0, 0.05) is 18.3 Å². The number of pyridine rings is 1. The highest BCUT2D eigenvalue weighted by Crippen LogP contribution is 2.25. The van der Waals surface area contributed by atoms with Gasteiger partial charge < -0.3 is 16.0 Å². The van der Waals surface area contributed by atoms with Gasteiger partial charge in [0.05, 0.1) is 10.7 Å². The highest BCUT2D eigenvalue weighted by Gasteiger charge is 2.04. The zero-order chi connectivity index (χ0) is 12.3. The van der Waals surface area contributed by atoms with Crippen molar-refractivity contribution in [2.24, 2.45) is 0 Å². The Hall–Kier alpha value is -1.69. The molecule has 0 aliphatic heterocycles. The second-order valence-corrected chi connectivity index (χ2v) is 3.75. The van der Waals surface area contributed by atoms with Gasteiger partial charge in [-0.2, -0.15) is 0 Å². The van der Waals surface area contributed by atoms with Crippen LogP contribution in [0.1, 0.15) is 0 Å². The summed E-state index contributed by atoms with van der Waals surface area (Å²) in [6.07, 6.45) is 1.50.